The molecule has 0 bridgehead atoms. The van der Waals surface area contributed by atoms with Gasteiger partial charge < -0.3 is 21.7 Å². The number of carbonyl (C=O) groups is 2. The van der Waals surface area contributed by atoms with Crippen molar-refractivity contribution in [2.24, 2.45) is 23.0 Å². The third-order valence-electron chi connectivity index (χ3n) is 5.24. The van der Waals surface area contributed by atoms with Crippen LogP contribution in [0.15, 0.2) is 0 Å². The van der Waals surface area contributed by atoms with Crippen molar-refractivity contribution >= 4 is 11.8 Å². The lowest BCUT2D eigenvalue weighted by molar-refractivity contribution is -0.139. The van der Waals surface area contributed by atoms with E-state index in [1.807, 2.05) is 0 Å². The predicted molar refractivity (Wildman–Crippen MR) is 106 cm³/mol. The van der Waals surface area contributed by atoms with Gasteiger partial charge >= 0.3 is 0 Å². The maximum absolute atomic E-state index is 12.5. The molecule has 0 aliphatic carbocycles. The predicted octanol–water partition coefficient (Wildman–Crippen LogP) is 0.161. The number of imide groups is 1. The summed E-state index contributed by atoms with van der Waals surface area (Å²) in [5, 5.41) is 9.83. The lowest BCUT2D eigenvalue weighted by Crippen LogP contribution is -2.39. The maximum Gasteiger partial charge on any atom is 0.232 e. The molecule has 7 nitrogen and oxygen atoms in total. The van der Waals surface area contributed by atoms with Crippen molar-refractivity contribution in [3.05, 3.63) is 0 Å². The first-order valence-electron chi connectivity index (χ1n) is 9.93. The van der Waals surface area contributed by atoms with Crippen molar-refractivity contribution in [2.45, 2.75) is 40.5 Å². The highest BCUT2D eigenvalue weighted by molar-refractivity contribution is 6.03. The van der Waals surface area contributed by atoms with E-state index in [0.717, 1.165) is 39.1 Å². The fraction of sp³-hybridized carbons (Fsp3) is 0.895. The third kappa shape index (κ3) is 8.12. The summed E-state index contributed by atoms with van der Waals surface area (Å²) in [7, 11) is 0. The molecule has 1 heterocycles. The van der Waals surface area contributed by atoms with Gasteiger partial charge in [-0.15, -0.1) is 0 Å². The fourth-order valence-electron chi connectivity index (χ4n) is 2.97. The molecule has 7 heteroatoms. The van der Waals surface area contributed by atoms with E-state index in [1.165, 1.54) is 4.90 Å². The van der Waals surface area contributed by atoms with Gasteiger partial charge in [-0.05, 0) is 17.8 Å². The number of hydrogen-bond donors (Lipinski definition) is 4. The van der Waals surface area contributed by atoms with E-state index in [-0.39, 0.29) is 23.1 Å². The van der Waals surface area contributed by atoms with E-state index < -0.39 is 0 Å². The van der Waals surface area contributed by atoms with Crippen LogP contribution in [-0.4, -0.2) is 69.1 Å². The number of likely N-dealkylation sites (tertiary alicyclic amines) is 1. The normalized spacial score (nSPS) is 19.4. The zero-order valence-electron chi connectivity index (χ0n) is 17.1. The molecule has 0 saturated carbocycles. The standard InChI is InChI=1S/C19H39N5O2/c1-15(19(2,3)4)13-16-14-17(25)24(18(16)26)12-11-23-10-9-22-8-7-21-6-5-20/h15-16,21-23H,5-14,20H2,1-4H3. The van der Waals surface area contributed by atoms with Crippen LogP contribution in [0.4, 0.5) is 0 Å². The summed E-state index contributed by atoms with van der Waals surface area (Å²) in [4.78, 5) is 26.1. The van der Waals surface area contributed by atoms with Gasteiger partial charge in [-0.3, -0.25) is 14.5 Å². The molecule has 0 aromatic carbocycles. The van der Waals surface area contributed by atoms with E-state index in [1.54, 1.807) is 0 Å². The largest absolute Gasteiger partial charge is 0.329 e. The Balaban J connectivity index is 2.17. The lowest BCUT2D eigenvalue weighted by Gasteiger charge is -2.28. The van der Waals surface area contributed by atoms with E-state index in [4.69, 9.17) is 5.73 Å². The van der Waals surface area contributed by atoms with Gasteiger partial charge in [0.25, 0.3) is 0 Å². The number of nitrogens with one attached hydrogen (secondary N) is 3. The first-order valence-corrected chi connectivity index (χ1v) is 9.93. The Hall–Kier alpha value is -1.02. The quantitative estimate of drug-likeness (QED) is 0.273. The van der Waals surface area contributed by atoms with Crippen LogP contribution in [0.2, 0.25) is 0 Å². The molecule has 2 atom stereocenters. The second-order valence-corrected chi connectivity index (χ2v) is 8.33. The Bertz CT molecular complexity index is 436. The van der Waals surface area contributed by atoms with Crippen molar-refractivity contribution in [1.82, 2.24) is 20.9 Å². The van der Waals surface area contributed by atoms with Crippen LogP contribution in [0, 0.1) is 17.3 Å². The van der Waals surface area contributed by atoms with Crippen LogP contribution in [-0.2, 0) is 9.59 Å². The molecule has 1 aliphatic heterocycles. The van der Waals surface area contributed by atoms with Crippen LogP contribution in [0.25, 0.3) is 0 Å². The zero-order valence-corrected chi connectivity index (χ0v) is 17.1. The molecule has 152 valence electrons. The average molecular weight is 370 g/mol. The number of nitrogens with zero attached hydrogens (tertiary/aromatic N) is 1. The van der Waals surface area contributed by atoms with Gasteiger partial charge in [0.15, 0.2) is 0 Å². The van der Waals surface area contributed by atoms with Gasteiger partial charge in [-0.2, -0.15) is 0 Å². The Morgan fingerprint density at radius 3 is 2.12 bits per heavy atom. The smallest absolute Gasteiger partial charge is 0.232 e. The van der Waals surface area contributed by atoms with Crippen LogP contribution in [0.5, 0.6) is 0 Å². The van der Waals surface area contributed by atoms with Crippen LogP contribution < -0.4 is 21.7 Å². The van der Waals surface area contributed by atoms with Gasteiger partial charge in [-0.25, -0.2) is 0 Å². The van der Waals surface area contributed by atoms with Gasteiger partial charge in [0.1, 0.15) is 0 Å². The number of carbonyl (C=O) groups excluding carboxylic acids is 2. The minimum Gasteiger partial charge on any atom is -0.329 e. The molecule has 1 rings (SSSR count). The molecule has 26 heavy (non-hydrogen) atoms. The first-order chi connectivity index (χ1) is 12.3. The monoisotopic (exact) mass is 369 g/mol. The first kappa shape index (κ1) is 23.0. The molecule has 0 aromatic heterocycles. The van der Waals surface area contributed by atoms with Gasteiger partial charge in [0.05, 0.1) is 0 Å². The minimum absolute atomic E-state index is 0.0111. The average Bonchev–Trinajstić information content (AvgIpc) is 2.82. The summed E-state index contributed by atoms with van der Waals surface area (Å²) in [6.07, 6.45) is 1.16. The van der Waals surface area contributed by atoms with Crippen molar-refractivity contribution in [3.8, 4) is 0 Å². The topological polar surface area (TPSA) is 99.5 Å². The molecular weight excluding hydrogens is 330 g/mol. The second-order valence-electron chi connectivity index (χ2n) is 8.33. The molecular formula is C19H39N5O2. The van der Waals surface area contributed by atoms with Crippen molar-refractivity contribution in [3.63, 3.8) is 0 Å². The van der Waals surface area contributed by atoms with E-state index in [2.05, 4.69) is 43.6 Å². The molecule has 1 aliphatic rings. The molecule has 2 unspecified atom stereocenters. The van der Waals surface area contributed by atoms with Gasteiger partial charge in [0.2, 0.25) is 11.8 Å². The van der Waals surface area contributed by atoms with Crippen LogP contribution in [0.3, 0.4) is 0 Å². The molecule has 0 radical (unpaired) electrons. The number of amides is 2. The third-order valence-corrected chi connectivity index (χ3v) is 5.24. The number of rotatable bonds is 13. The SMILES string of the molecule is CC(CC1CC(=O)N(CCNCCNCCNCCN)C1=O)C(C)(C)C. The Morgan fingerprint density at radius 1 is 1.04 bits per heavy atom. The highest BCUT2D eigenvalue weighted by atomic mass is 16.2. The van der Waals surface area contributed by atoms with Crippen molar-refractivity contribution in [2.75, 3.05) is 52.4 Å². The summed E-state index contributed by atoms with van der Waals surface area (Å²) in [5.74, 6) is 0.260. The molecule has 0 aromatic rings. The highest BCUT2D eigenvalue weighted by Gasteiger charge is 2.39. The zero-order chi connectivity index (χ0) is 19.6. The number of nitrogens with two attached hydrogens (primary N) is 1. The fourth-order valence-corrected chi connectivity index (χ4v) is 2.97. The summed E-state index contributed by atoms with van der Waals surface area (Å²) in [5.41, 5.74) is 5.56. The maximum atomic E-state index is 12.5. The van der Waals surface area contributed by atoms with E-state index in [0.29, 0.717) is 32.0 Å². The molecule has 1 saturated heterocycles. The van der Waals surface area contributed by atoms with Crippen LogP contribution >= 0.6 is 0 Å². The Kier molecular flexibility index (Phi) is 10.3. The Labute approximate surface area is 158 Å². The van der Waals surface area contributed by atoms with Crippen molar-refractivity contribution in [1.29, 1.82) is 0 Å². The van der Waals surface area contributed by atoms with Crippen LogP contribution in [0.1, 0.15) is 40.5 Å². The molecule has 2 amide bonds. The Morgan fingerprint density at radius 2 is 1.58 bits per heavy atom. The number of hydrogen-bond acceptors (Lipinski definition) is 6. The minimum atomic E-state index is -0.139. The van der Waals surface area contributed by atoms with E-state index in [9.17, 15) is 9.59 Å². The second kappa shape index (κ2) is 11.6. The van der Waals surface area contributed by atoms with E-state index >= 15 is 0 Å². The summed E-state index contributed by atoms with van der Waals surface area (Å²) in [6.45, 7) is 14.8. The molecule has 5 N–H and O–H groups in total. The summed E-state index contributed by atoms with van der Waals surface area (Å²) < 4.78 is 0. The lowest BCUT2D eigenvalue weighted by atomic mass is 9.77. The summed E-state index contributed by atoms with van der Waals surface area (Å²) in [6, 6.07) is 0. The highest BCUT2D eigenvalue weighted by Crippen LogP contribution is 2.34. The van der Waals surface area contributed by atoms with Gasteiger partial charge in [-0.1, -0.05) is 27.7 Å². The van der Waals surface area contributed by atoms with Crippen molar-refractivity contribution < 1.29 is 9.59 Å². The summed E-state index contributed by atoms with van der Waals surface area (Å²) >= 11 is 0. The molecule has 1 fully saturated rings. The molecule has 0 spiro atoms. The van der Waals surface area contributed by atoms with Gasteiger partial charge in [0, 0.05) is 64.7 Å².